The Kier molecular flexibility index (Phi) is 2.55. The molecule has 0 spiro atoms. The van der Waals surface area contributed by atoms with E-state index < -0.39 is 0 Å². The van der Waals surface area contributed by atoms with Gasteiger partial charge in [-0.05, 0) is 39.0 Å². The molecule has 2 aromatic heterocycles. The summed E-state index contributed by atoms with van der Waals surface area (Å²) in [6.45, 7) is 5.88. The molecule has 0 aliphatic carbocycles. The van der Waals surface area contributed by atoms with Crippen LogP contribution >= 0.6 is 0 Å². The highest BCUT2D eigenvalue weighted by molar-refractivity contribution is 5.80. The summed E-state index contributed by atoms with van der Waals surface area (Å²) < 4.78 is 1.97. The predicted octanol–water partition coefficient (Wildman–Crippen LogP) is 2.35. The van der Waals surface area contributed by atoms with E-state index in [1.165, 1.54) is 0 Å². The van der Waals surface area contributed by atoms with E-state index in [2.05, 4.69) is 20.2 Å². The van der Waals surface area contributed by atoms with Crippen molar-refractivity contribution < 1.29 is 0 Å². The van der Waals surface area contributed by atoms with Gasteiger partial charge >= 0.3 is 0 Å². The van der Waals surface area contributed by atoms with Crippen LogP contribution in [0.2, 0.25) is 0 Å². The van der Waals surface area contributed by atoms with E-state index in [0.29, 0.717) is 0 Å². The standard InChI is InChI=1S/C14H15N5/c1-8-9(2)16-13-7-11(5-6-12(13)15-8)14-18-17-10(3)19(14)4/h5-7H,1-4H3. The molecule has 0 amide bonds. The van der Waals surface area contributed by atoms with Crippen LogP contribution in [-0.4, -0.2) is 24.7 Å². The third-order valence-electron chi connectivity index (χ3n) is 3.43. The second kappa shape index (κ2) is 4.12. The molecule has 0 atom stereocenters. The van der Waals surface area contributed by atoms with Gasteiger partial charge in [0.15, 0.2) is 5.82 Å². The lowest BCUT2D eigenvalue weighted by atomic mass is 10.1. The minimum absolute atomic E-state index is 0.847. The first-order valence-electron chi connectivity index (χ1n) is 6.17. The normalized spacial score (nSPS) is 11.2. The van der Waals surface area contributed by atoms with Crippen molar-refractivity contribution in [1.29, 1.82) is 0 Å². The first-order valence-corrected chi connectivity index (χ1v) is 6.17. The number of aromatic nitrogens is 5. The van der Waals surface area contributed by atoms with Gasteiger partial charge in [0.05, 0.1) is 22.4 Å². The molecule has 0 aliphatic rings. The second-order valence-electron chi connectivity index (χ2n) is 4.73. The van der Waals surface area contributed by atoms with Gasteiger partial charge in [0.25, 0.3) is 0 Å². The molecule has 0 saturated heterocycles. The topological polar surface area (TPSA) is 56.5 Å². The van der Waals surface area contributed by atoms with E-state index in [0.717, 1.165) is 39.6 Å². The average Bonchev–Trinajstić information content (AvgIpc) is 2.71. The Bertz CT molecular complexity index is 773. The van der Waals surface area contributed by atoms with E-state index in [-0.39, 0.29) is 0 Å². The molecular weight excluding hydrogens is 238 g/mol. The summed E-state index contributed by atoms with van der Waals surface area (Å²) in [4.78, 5) is 9.11. The molecule has 0 saturated carbocycles. The first-order chi connectivity index (χ1) is 9.06. The Balaban J connectivity index is 2.21. The monoisotopic (exact) mass is 253 g/mol. The van der Waals surface area contributed by atoms with Crippen LogP contribution in [0.15, 0.2) is 18.2 Å². The number of benzene rings is 1. The van der Waals surface area contributed by atoms with E-state index in [4.69, 9.17) is 0 Å². The largest absolute Gasteiger partial charge is 0.314 e. The molecule has 0 aliphatic heterocycles. The van der Waals surface area contributed by atoms with Crippen molar-refractivity contribution in [2.24, 2.45) is 7.05 Å². The SMILES string of the molecule is Cc1nc2ccc(-c3nnc(C)n3C)cc2nc1C. The van der Waals surface area contributed by atoms with Crippen LogP contribution in [0.5, 0.6) is 0 Å². The van der Waals surface area contributed by atoms with Gasteiger partial charge in [-0.2, -0.15) is 0 Å². The molecule has 3 aromatic rings. The Morgan fingerprint density at radius 3 is 2.21 bits per heavy atom. The van der Waals surface area contributed by atoms with E-state index in [9.17, 15) is 0 Å². The lowest BCUT2D eigenvalue weighted by Gasteiger charge is -2.05. The first kappa shape index (κ1) is 11.8. The molecule has 5 heteroatoms. The van der Waals surface area contributed by atoms with Gasteiger partial charge < -0.3 is 4.57 Å². The summed E-state index contributed by atoms with van der Waals surface area (Å²) in [5, 5.41) is 8.28. The molecule has 0 radical (unpaired) electrons. The fourth-order valence-electron chi connectivity index (χ4n) is 2.03. The summed E-state index contributed by atoms with van der Waals surface area (Å²) in [5.41, 5.74) is 4.73. The van der Waals surface area contributed by atoms with Crippen LogP contribution in [0.3, 0.4) is 0 Å². The molecule has 3 rings (SSSR count). The number of hydrogen-bond donors (Lipinski definition) is 0. The minimum atomic E-state index is 0.847. The lowest BCUT2D eigenvalue weighted by molar-refractivity contribution is 0.865. The van der Waals surface area contributed by atoms with Gasteiger partial charge in [-0.15, -0.1) is 10.2 Å². The molecule has 0 bridgehead atoms. The number of rotatable bonds is 1. The highest BCUT2D eigenvalue weighted by atomic mass is 15.3. The van der Waals surface area contributed by atoms with Crippen LogP contribution in [0.25, 0.3) is 22.4 Å². The number of aryl methyl sites for hydroxylation is 3. The van der Waals surface area contributed by atoms with Crippen LogP contribution in [0, 0.1) is 20.8 Å². The van der Waals surface area contributed by atoms with Gasteiger partial charge in [0.2, 0.25) is 0 Å². The van der Waals surface area contributed by atoms with E-state index in [1.807, 2.05) is 50.6 Å². The highest BCUT2D eigenvalue weighted by Gasteiger charge is 2.09. The fraction of sp³-hybridized carbons (Fsp3) is 0.286. The van der Waals surface area contributed by atoms with Crippen molar-refractivity contribution >= 4 is 11.0 Å². The molecule has 5 nitrogen and oxygen atoms in total. The zero-order valence-corrected chi connectivity index (χ0v) is 11.5. The lowest BCUT2D eigenvalue weighted by Crippen LogP contribution is -1.97. The van der Waals surface area contributed by atoms with Crippen molar-refractivity contribution in [1.82, 2.24) is 24.7 Å². The predicted molar refractivity (Wildman–Crippen MR) is 73.7 cm³/mol. The molecule has 0 fully saturated rings. The summed E-state index contributed by atoms with van der Waals surface area (Å²) in [6.07, 6.45) is 0. The molecule has 19 heavy (non-hydrogen) atoms. The second-order valence-corrected chi connectivity index (χ2v) is 4.73. The van der Waals surface area contributed by atoms with Gasteiger partial charge in [0, 0.05) is 12.6 Å². The Labute approximate surface area is 111 Å². The Hall–Kier alpha value is -2.30. The number of fused-ring (bicyclic) bond motifs is 1. The molecule has 0 unspecified atom stereocenters. The van der Waals surface area contributed by atoms with E-state index in [1.54, 1.807) is 0 Å². The van der Waals surface area contributed by atoms with Gasteiger partial charge in [0.1, 0.15) is 5.82 Å². The van der Waals surface area contributed by atoms with Crippen LogP contribution in [0.1, 0.15) is 17.2 Å². The molecular formula is C14H15N5. The van der Waals surface area contributed by atoms with Crippen molar-refractivity contribution in [3.05, 3.63) is 35.4 Å². The molecule has 2 heterocycles. The van der Waals surface area contributed by atoms with Gasteiger partial charge in [-0.1, -0.05) is 0 Å². The third-order valence-corrected chi connectivity index (χ3v) is 3.43. The minimum Gasteiger partial charge on any atom is -0.314 e. The maximum absolute atomic E-state index is 4.58. The van der Waals surface area contributed by atoms with Gasteiger partial charge in [-0.25, -0.2) is 9.97 Å². The Morgan fingerprint density at radius 2 is 1.58 bits per heavy atom. The summed E-state index contributed by atoms with van der Waals surface area (Å²) in [6, 6.07) is 6.00. The summed E-state index contributed by atoms with van der Waals surface area (Å²) in [7, 11) is 1.96. The summed E-state index contributed by atoms with van der Waals surface area (Å²) in [5.74, 6) is 1.74. The molecule has 96 valence electrons. The number of nitrogens with zero attached hydrogens (tertiary/aromatic N) is 5. The maximum atomic E-state index is 4.58. The fourth-order valence-corrected chi connectivity index (χ4v) is 2.03. The molecule has 0 N–H and O–H groups in total. The van der Waals surface area contributed by atoms with Gasteiger partial charge in [-0.3, -0.25) is 0 Å². The highest BCUT2D eigenvalue weighted by Crippen LogP contribution is 2.22. The molecule has 1 aromatic carbocycles. The van der Waals surface area contributed by atoms with E-state index >= 15 is 0 Å². The zero-order chi connectivity index (χ0) is 13.6. The Morgan fingerprint density at radius 1 is 0.895 bits per heavy atom. The third kappa shape index (κ3) is 1.87. The quantitative estimate of drug-likeness (QED) is 0.668. The number of hydrogen-bond acceptors (Lipinski definition) is 4. The van der Waals surface area contributed by atoms with Crippen molar-refractivity contribution in [3.63, 3.8) is 0 Å². The van der Waals surface area contributed by atoms with Crippen LogP contribution < -0.4 is 0 Å². The van der Waals surface area contributed by atoms with Crippen molar-refractivity contribution in [2.75, 3.05) is 0 Å². The summed E-state index contributed by atoms with van der Waals surface area (Å²) >= 11 is 0. The average molecular weight is 253 g/mol. The van der Waals surface area contributed by atoms with Crippen LogP contribution in [-0.2, 0) is 7.05 Å². The smallest absolute Gasteiger partial charge is 0.163 e. The van der Waals surface area contributed by atoms with Crippen molar-refractivity contribution in [3.8, 4) is 11.4 Å². The van der Waals surface area contributed by atoms with Crippen LogP contribution in [0.4, 0.5) is 0 Å². The zero-order valence-electron chi connectivity index (χ0n) is 11.5. The van der Waals surface area contributed by atoms with Crippen molar-refractivity contribution in [2.45, 2.75) is 20.8 Å². The maximum Gasteiger partial charge on any atom is 0.163 e.